The topological polar surface area (TPSA) is 38.0 Å². The molecule has 16 heavy (non-hydrogen) atoms. The molecule has 84 valence electrons. The fourth-order valence-electron chi connectivity index (χ4n) is 1.63. The van der Waals surface area contributed by atoms with Crippen molar-refractivity contribution in [2.24, 2.45) is 0 Å². The molecule has 1 heterocycles. The molecule has 0 aliphatic heterocycles. The van der Waals surface area contributed by atoms with Crippen LogP contribution in [0.25, 0.3) is 5.69 Å². The summed E-state index contributed by atoms with van der Waals surface area (Å²) in [6, 6.07) is 7.75. The molecule has 0 bridgehead atoms. The fourth-order valence-corrected chi connectivity index (χ4v) is 1.92. The number of aliphatic hydroxyl groups is 1. The van der Waals surface area contributed by atoms with E-state index in [-0.39, 0.29) is 0 Å². The zero-order valence-electron chi connectivity index (χ0n) is 8.97. The molecular formula is C12H13BrN2O. The first-order valence-corrected chi connectivity index (χ1v) is 5.99. The number of rotatable bonds is 3. The molecule has 0 saturated heterocycles. The number of benzene rings is 1. The van der Waals surface area contributed by atoms with Crippen molar-refractivity contribution < 1.29 is 5.11 Å². The fraction of sp³-hybridized carbons (Fsp3) is 0.250. The van der Waals surface area contributed by atoms with Gasteiger partial charge in [0.1, 0.15) is 0 Å². The third kappa shape index (κ3) is 2.18. The Hall–Kier alpha value is -1.13. The Balaban J connectivity index is 2.48. The molecule has 1 aromatic carbocycles. The predicted octanol–water partition coefficient (Wildman–Crippen LogP) is 3.08. The average Bonchev–Trinajstić information content (AvgIpc) is 2.75. The van der Waals surface area contributed by atoms with Gasteiger partial charge in [-0.25, -0.2) is 4.68 Å². The van der Waals surface area contributed by atoms with Crippen LogP contribution in [0, 0.1) is 0 Å². The Bertz CT molecular complexity index is 481. The Labute approximate surface area is 103 Å². The first kappa shape index (κ1) is 11.4. The standard InChI is InChI=1S/C12H13BrN2O/c1-2-12(16)10-5-3-4-6-11(10)15-8-9(13)7-14-15/h3-8,12,16H,2H2,1H3/t12-/m1/s1. The van der Waals surface area contributed by atoms with E-state index in [9.17, 15) is 5.11 Å². The van der Waals surface area contributed by atoms with E-state index in [0.717, 1.165) is 15.7 Å². The molecule has 2 rings (SSSR count). The first-order valence-electron chi connectivity index (χ1n) is 5.20. The quantitative estimate of drug-likeness (QED) is 0.938. The van der Waals surface area contributed by atoms with Gasteiger partial charge in [0, 0.05) is 11.8 Å². The molecule has 0 radical (unpaired) electrons. The molecule has 2 aromatic rings. The van der Waals surface area contributed by atoms with Gasteiger partial charge in [-0.1, -0.05) is 25.1 Å². The molecule has 0 aliphatic rings. The van der Waals surface area contributed by atoms with Crippen molar-refractivity contribution in [3.63, 3.8) is 0 Å². The Kier molecular flexibility index (Phi) is 3.41. The molecule has 0 spiro atoms. The van der Waals surface area contributed by atoms with Gasteiger partial charge in [-0.3, -0.25) is 0 Å². The van der Waals surface area contributed by atoms with Crippen LogP contribution in [0.2, 0.25) is 0 Å². The average molecular weight is 281 g/mol. The van der Waals surface area contributed by atoms with Crippen molar-refractivity contribution in [2.45, 2.75) is 19.4 Å². The molecule has 1 aromatic heterocycles. The van der Waals surface area contributed by atoms with Crippen LogP contribution in [0.1, 0.15) is 25.0 Å². The molecule has 1 atom stereocenters. The second-order valence-electron chi connectivity index (χ2n) is 3.59. The van der Waals surface area contributed by atoms with Crippen LogP contribution < -0.4 is 0 Å². The van der Waals surface area contributed by atoms with Crippen LogP contribution in [0.3, 0.4) is 0 Å². The van der Waals surface area contributed by atoms with Crippen molar-refractivity contribution in [3.8, 4) is 5.69 Å². The number of aliphatic hydroxyl groups excluding tert-OH is 1. The summed E-state index contributed by atoms with van der Waals surface area (Å²) >= 11 is 3.36. The van der Waals surface area contributed by atoms with Crippen molar-refractivity contribution in [1.82, 2.24) is 9.78 Å². The predicted molar refractivity (Wildman–Crippen MR) is 66.5 cm³/mol. The molecule has 4 heteroatoms. The highest BCUT2D eigenvalue weighted by Crippen LogP contribution is 2.24. The summed E-state index contributed by atoms with van der Waals surface area (Å²) in [5.74, 6) is 0. The SMILES string of the molecule is CC[C@@H](O)c1ccccc1-n1cc(Br)cn1. The summed E-state index contributed by atoms with van der Waals surface area (Å²) < 4.78 is 2.69. The Morgan fingerprint density at radius 2 is 2.19 bits per heavy atom. The molecule has 0 fully saturated rings. The Morgan fingerprint density at radius 1 is 1.44 bits per heavy atom. The largest absolute Gasteiger partial charge is 0.388 e. The number of aromatic nitrogens is 2. The second kappa shape index (κ2) is 4.80. The highest BCUT2D eigenvalue weighted by Gasteiger charge is 2.11. The van der Waals surface area contributed by atoms with Crippen LogP contribution >= 0.6 is 15.9 Å². The number of halogens is 1. The zero-order chi connectivity index (χ0) is 11.5. The van der Waals surface area contributed by atoms with Gasteiger partial charge < -0.3 is 5.11 Å². The first-order chi connectivity index (χ1) is 7.72. The van der Waals surface area contributed by atoms with Crippen LogP contribution in [-0.2, 0) is 0 Å². The van der Waals surface area contributed by atoms with Crippen molar-refractivity contribution >= 4 is 15.9 Å². The molecular weight excluding hydrogens is 268 g/mol. The number of nitrogens with zero attached hydrogens (tertiary/aromatic N) is 2. The van der Waals surface area contributed by atoms with Gasteiger partial charge in [-0.2, -0.15) is 5.10 Å². The third-order valence-electron chi connectivity index (χ3n) is 2.48. The maximum atomic E-state index is 9.93. The van der Waals surface area contributed by atoms with E-state index in [1.165, 1.54) is 0 Å². The van der Waals surface area contributed by atoms with Gasteiger partial charge >= 0.3 is 0 Å². The minimum Gasteiger partial charge on any atom is -0.388 e. The van der Waals surface area contributed by atoms with E-state index in [2.05, 4.69) is 21.0 Å². The summed E-state index contributed by atoms with van der Waals surface area (Å²) in [6.45, 7) is 1.96. The molecule has 1 N–H and O–H groups in total. The van der Waals surface area contributed by atoms with Crippen molar-refractivity contribution in [3.05, 3.63) is 46.7 Å². The van der Waals surface area contributed by atoms with Crippen LogP contribution in [0.4, 0.5) is 0 Å². The van der Waals surface area contributed by atoms with Crippen LogP contribution in [-0.4, -0.2) is 14.9 Å². The highest BCUT2D eigenvalue weighted by atomic mass is 79.9. The van der Waals surface area contributed by atoms with Crippen molar-refractivity contribution in [2.75, 3.05) is 0 Å². The summed E-state index contributed by atoms with van der Waals surface area (Å²) in [4.78, 5) is 0. The maximum absolute atomic E-state index is 9.93. The van der Waals surface area contributed by atoms with Gasteiger partial charge in [0.05, 0.1) is 22.5 Å². The van der Waals surface area contributed by atoms with Gasteiger partial charge in [0.25, 0.3) is 0 Å². The van der Waals surface area contributed by atoms with E-state index in [1.54, 1.807) is 10.9 Å². The molecule has 0 aliphatic carbocycles. The minimum atomic E-state index is -0.445. The number of para-hydroxylation sites is 1. The minimum absolute atomic E-state index is 0.445. The van der Waals surface area contributed by atoms with Gasteiger partial charge in [-0.05, 0) is 28.4 Å². The molecule has 3 nitrogen and oxygen atoms in total. The van der Waals surface area contributed by atoms with Gasteiger partial charge in [-0.15, -0.1) is 0 Å². The monoisotopic (exact) mass is 280 g/mol. The number of hydrogen-bond donors (Lipinski definition) is 1. The molecule has 0 saturated carbocycles. The van der Waals surface area contributed by atoms with Gasteiger partial charge in [0.2, 0.25) is 0 Å². The lowest BCUT2D eigenvalue weighted by molar-refractivity contribution is 0.173. The van der Waals surface area contributed by atoms with E-state index >= 15 is 0 Å². The lowest BCUT2D eigenvalue weighted by Crippen LogP contribution is -2.04. The summed E-state index contributed by atoms with van der Waals surface area (Å²) in [5.41, 5.74) is 1.82. The maximum Gasteiger partial charge on any atom is 0.0808 e. The highest BCUT2D eigenvalue weighted by molar-refractivity contribution is 9.10. The second-order valence-corrected chi connectivity index (χ2v) is 4.50. The summed E-state index contributed by atoms with van der Waals surface area (Å²) in [5, 5.41) is 14.1. The normalized spacial score (nSPS) is 12.7. The summed E-state index contributed by atoms with van der Waals surface area (Å²) in [7, 11) is 0. The van der Waals surface area contributed by atoms with E-state index in [4.69, 9.17) is 0 Å². The van der Waals surface area contributed by atoms with E-state index < -0.39 is 6.10 Å². The van der Waals surface area contributed by atoms with E-state index in [0.29, 0.717) is 6.42 Å². The lowest BCUT2D eigenvalue weighted by Gasteiger charge is -2.13. The lowest BCUT2D eigenvalue weighted by atomic mass is 10.1. The Morgan fingerprint density at radius 3 is 2.81 bits per heavy atom. The smallest absolute Gasteiger partial charge is 0.0808 e. The zero-order valence-corrected chi connectivity index (χ0v) is 10.6. The third-order valence-corrected chi connectivity index (χ3v) is 2.89. The molecule has 0 amide bonds. The molecule has 0 unspecified atom stereocenters. The summed E-state index contributed by atoms with van der Waals surface area (Å²) in [6.07, 6.45) is 3.86. The van der Waals surface area contributed by atoms with Crippen molar-refractivity contribution in [1.29, 1.82) is 0 Å². The van der Waals surface area contributed by atoms with E-state index in [1.807, 2.05) is 37.4 Å². The van der Waals surface area contributed by atoms with Gasteiger partial charge in [0.15, 0.2) is 0 Å². The van der Waals surface area contributed by atoms with Crippen LogP contribution in [0.5, 0.6) is 0 Å². The number of hydrogen-bond acceptors (Lipinski definition) is 2. The van der Waals surface area contributed by atoms with Crippen LogP contribution in [0.15, 0.2) is 41.1 Å².